The number of nitrogens with one attached hydrogen (secondary N) is 1. The molecule has 0 heterocycles. The van der Waals surface area contributed by atoms with Crippen molar-refractivity contribution < 1.29 is 23.1 Å². The van der Waals surface area contributed by atoms with E-state index in [1.54, 1.807) is 6.07 Å². The van der Waals surface area contributed by atoms with E-state index < -0.39 is 29.6 Å². The second-order valence-electron chi connectivity index (χ2n) is 5.51. The minimum absolute atomic E-state index is 0.293. The quantitative estimate of drug-likeness (QED) is 0.867. The predicted octanol–water partition coefficient (Wildman–Crippen LogP) is 3.77. The zero-order valence-corrected chi connectivity index (χ0v) is 13.5. The van der Waals surface area contributed by atoms with Crippen LogP contribution in [0, 0.1) is 25.5 Å². The van der Waals surface area contributed by atoms with Crippen molar-refractivity contribution in [1.29, 1.82) is 0 Å². The fraction of sp³-hybridized carbons (Fsp3) is 0.222. The highest BCUT2D eigenvalue weighted by atomic mass is 19.1. The van der Waals surface area contributed by atoms with Crippen molar-refractivity contribution in [2.24, 2.45) is 0 Å². The summed E-state index contributed by atoms with van der Waals surface area (Å²) < 4.78 is 31.2. The van der Waals surface area contributed by atoms with Crippen molar-refractivity contribution in [2.45, 2.75) is 26.9 Å². The Kier molecular flexibility index (Phi) is 5.28. The third-order valence-electron chi connectivity index (χ3n) is 3.39. The van der Waals surface area contributed by atoms with Gasteiger partial charge in [0, 0.05) is 11.8 Å². The Labute approximate surface area is 138 Å². The van der Waals surface area contributed by atoms with Crippen molar-refractivity contribution in [3.05, 3.63) is 64.7 Å². The molecule has 2 aromatic carbocycles. The van der Waals surface area contributed by atoms with Gasteiger partial charge in [-0.05, 0) is 44.5 Å². The Bertz CT molecular complexity index is 770. The average Bonchev–Trinajstić information content (AvgIpc) is 2.48. The summed E-state index contributed by atoms with van der Waals surface area (Å²) in [5.41, 5.74) is 2.23. The Morgan fingerprint density at radius 2 is 1.67 bits per heavy atom. The Balaban J connectivity index is 2.04. The van der Waals surface area contributed by atoms with Crippen molar-refractivity contribution in [3.63, 3.8) is 0 Å². The van der Waals surface area contributed by atoms with Crippen LogP contribution in [0.1, 0.15) is 28.4 Å². The fourth-order valence-electron chi connectivity index (χ4n) is 2.14. The lowest BCUT2D eigenvalue weighted by molar-refractivity contribution is -0.123. The van der Waals surface area contributed by atoms with Crippen LogP contribution in [0.2, 0.25) is 0 Å². The molecule has 0 saturated carbocycles. The van der Waals surface area contributed by atoms with Crippen molar-refractivity contribution in [1.82, 2.24) is 0 Å². The van der Waals surface area contributed by atoms with Gasteiger partial charge in [0.15, 0.2) is 6.10 Å². The SMILES string of the molecule is Cc1ccc(NC(=O)[C@@H](C)OC(=O)c2cc(F)cc(F)c2)c(C)c1. The minimum atomic E-state index is -1.12. The van der Waals surface area contributed by atoms with Gasteiger partial charge in [0.25, 0.3) is 5.91 Å². The molecule has 0 bridgehead atoms. The molecule has 0 fully saturated rings. The van der Waals surface area contributed by atoms with Gasteiger partial charge in [0.05, 0.1) is 5.56 Å². The van der Waals surface area contributed by atoms with Gasteiger partial charge in [-0.15, -0.1) is 0 Å². The molecule has 0 aliphatic heterocycles. The van der Waals surface area contributed by atoms with Gasteiger partial charge in [-0.25, -0.2) is 13.6 Å². The number of esters is 1. The maximum Gasteiger partial charge on any atom is 0.339 e. The molecular formula is C18H17F2NO3. The number of aryl methyl sites for hydroxylation is 2. The summed E-state index contributed by atoms with van der Waals surface area (Å²) >= 11 is 0. The number of ether oxygens (including phenoxy) is 1. The van der Waals surface area contributed by atoms with E-state index in [9.17, 15) is 18.4 Å². The van der Waals surface area contributed by atoms with Crippen LogP contribution in [0.4, 0.5) is 14.5 Å². The number of carbonyl (C=O) groups is 2. The molecule has 0 spiro atoms. The van der Waals surface area contributed by atoms with Gasteiger partial charge < -0.3 is 10.1 Å². The molecule has 126 valence electrons. The van der Waals surface area contributed by atoms with Crippen LogP contribution in [0.3, 0.4) is 0 Å². The highest BCUT2D eigenvalue weighted by Gasteiger charge is 2.20. The normalized spacial score (nSPS) is 11.7. The maximum atomic E-state index is 13.1. The first-order chi connectivity index (χ1) is 11.3. The second-order valence-corrected chi connectivity index (χ2v) is 5.51. The Morgan fingerprint density at radius 3 is 2.25 bits per heavy atom. The number of amides is 1. The summed E-state index contributed by atoms with van der Waals surface area (Å²) in [5, 5.41) is 2.65. The predicted molar refractivity (Wildman–Crippen MR) is 85.8 cm³/mol. The first-order valence-electron chi connectivity index (χ1n) is 7.31. The number of hydrogen-bond acceptors (Lipinski definition) is 3. The molecule has 0 aliphatic rings. The molecule has 0 aromatic heterocycles. The number of hydrogen-bond donors (Lipinski definition) is 1. The molecule has 24 heavy (non-hydrogen) atoms. The average molecular weight is 333 g/mol. The second kappa shape index (κ2) is 7.21. The Morgan fingerprint density at radius 1 is 1.04 bits per heavy atom. The lowest BCUT2D eigenvalue weighted by Gasteiger charge is -2.15. The van der Waals surface area contributed by atoms with Crippen LogP contribution in [-0.4, -0.2) is 18.0 Å². The highest BCUT2D eigenvalue weighted by Crippen LogP contribution is 2.17. The van der Waals surface area contributed by atoms with Crippen LogP contribution in [0.15, 0.2) is 36.4 Å². The summed E-state index contributed by atoms with van der Waals surface area (Å²) in [7, 11) is 0. The number of benzene rings is 2. The fourth-order valence-corrected chi connectivity index (χ4v) is 2.14. The van der Waals surface area contributed by atoms with Gasteiger partial charge in [-0.1, -0.05) is 17.7 Å². The van der Waals surface area contributed by atoms with E-state index in [0.29, 0.717) is 11.8 Å². The Hall–Kier alpha value is -2.76. The molecule has 0 radical (unpaired) electrons. The topological polar surface area (TPSA) is 55.4 Å². The molecule has 1 amide bonds. The van der Waals surface area contributed by atoms with E-state index >= 15 is 0 Å². The molecule has 4 nitrogen and oxygen atoms in total. The third-order valence-corrected chi connectivity index (χ3v) is 3.39. The van der Waals surface area contributed by atoms with Gasteiger partial charge in [-0.2, -0.15) is 0 Å². The number of rotatable bonds is 4. The highest BCUT2D eigenvalue weighted by molar-refractivity contribution is 5.97. The zero-order valence-electron chi connectivity index (χ0n) is 13.5. The number of anilines is 1. The summed E-state index contributed by atoms with van der Waals surface area (Å²) in [5.74, 6) is -3.30. The maximum absolute atomic E-state index is 13.1. The summed E-state index contributed by atoms with van der Waals surface area (Å²) in [4.78, 5) is 24.0. The molecule has 6 heteroatoms. The molecule has 0 unspecified atom stereocenters. The minimum Gasteiger partial charge on any atom is -0.449 e. The van der Waals surface area contributed by atoms with Crippen LogP contribution in [-0.2, 0) is 9.53 Å². The van der Waals surface area contributed by atoms with Gasteiger partial charge in [0.1, 0.15) is 11.6 Å². The summed E-state index contributed by atoms with van der Waals surface area (Å²) in [6.07, 6.45) is -1.12. The van der Waals surface area contributed by atoms with E-state index in [0.717, 1.165) is 23.3 Å². The van der Waals surface area contributed by atoms with E-state index in [4.69, 9.17) is 4.74 Å². The van der Waals surface area contributed by atoms with E-state index in [1.807, 2.05) is 26.0 Å². The van der Waals surface area contributed by atoms with Gasteiger partial charge in [-0.3, -0.25) is 4.79 Å². The van der Waals surface area contributed by atoms with Crippen LogP contribution in [0.5, 0.6) is 0 Å². The van der Waals surface area contributed by atoms with E-state index in [1.165, 1.54) is 6.92 Å². The molecule has 0 saturated heterocycles. The lowest BCUT2D eigenvalue weighted by Crippen LogP contribution is -2.30. The molecular weight excluding hydrogens is 316 g/mol. The largest absolute Gasteiger partial charge is 0.449 e. The molecule has 2 aromatic rings. The van der Waals surface area contributed by atoms with Crippen molar-refractivity contribution >= 4 is 17.6 Å². The molecule has 1 N–H and O–H groups in total. The lowest BCUT2D eigenvalue weighted by atomic mass is 10.1. The van der Waals surface area contributed by atoms with Crippen LogP contribution >= 0.6 is 0 Å². The monoisotopic (exact) mass is 333 g/mol. The summed E-state index contributed by atoms with van der Waals surface area (Å²) in [6.45, 7) is 5.16. The standard InChI is InChI=1S/C18H17F2NO3/c1-10-4-5-16(11(2)6-10)21-17(22)12(3)24-18(23)13-7-14(19)9-15(20)8-13/h4-9,12H,1-3H3,(H,21,22)/t12-/m1/s1. The molecule has 2 rings (SSSR count). The van der Waals surface area contributed by atoms with Gasteiger partial charge in [0.2, 0.25) is 0 Å². The first-order valence-corrected chi connectivity index (χ1v) is 7.31. The first kappa shape index (κ1) is 17.6. The van der Waals surface area contributed by atoms with Crippen molar-refractivity contribution in [2.75, 3.05) is 5.32 Å². The number of carbonyl (C=O) groups excluding carboxylic acids is 2. The van der Waals surface area contributed by atoms with E-state index in [2.05, 4.69) is 5.32 Å². The third kappa shape index (κ3) is 4.38. The smallest absolute Gasteiger partial charge is 0.339 e. The molecule has 1 atom stereocenters. The summed E-state index contributed by atoms with van der Waals surface area (Å²) in [6, 6.07) is 7.84. The van der Waals surface area contributed by atoms with E-state index in [-0.39, 0.29) is 5.56 Å². The number of halogens is 2. The zero-order chi connectivity index (χ0) is 17.9. The molecule has 0 aliphatic carbocycles. The van der Waals surface area contributed by atoms with Crippen LogP contribution < -0.4 is 5.32 Å². The van der Waals surface area contributed by atoms with Crippen LogP contribution in [0.25, 0.3) is 0 Å². The van der Waals surface area contributed by atoms with Gasteiger partial charge >= 0.3 is 5.97 Å². The van der Waals surface area contributed by atoms with Crippen molar-refractivity contribution in [3.8, 4) is 0 Å².